The maximum Gasteiger partial charge on any atom is 0.411 e. The highest BCUT2D eigenvalue weighted by Crippen LogP contribution is 2.42. The third-order valence-corrected chi connectivity index (χ3v) is 4.44. The molecule has 1 amide bonds. The molecule has 0 saturated heterocycles. The van der Waals surface area contributed by atoms with Gasteiger partial charge in [0.2, 0.25) is 0 Å². The van der Waals surface area contributed by atoms with Crippen LogP contribution in [0.1, 0.15) is 31.2 Å². The number of carbonyl (C=O) groups excluding carboxylic acids is 2. The van der Waals surface area contributed by atoms with Gasteiger partial charge in [0, 0.05) is 24.1 Å². The lowest BCUT2D eigenvalue weighted by atomic mass is 9.74. The van der Waals surface area contributed by atoms with E-state index in [1.165, 1.54) is 4.90 Å². The molecule has 0 aliphatic heterocycles. The fraction of sp³-hybridized carbons (Fsp3) is 0.467. The van der Waals surface area contributed by atoms with Crippen LogP contribution in [0, 0.1) is 0 Å². The maximum absolute atomic E-state index is 12.7. The number of alkyl halides is 1. The molecule has 0 heterocycles. The van der Waals surface area contributed by atoms with Gasteiger partial charge in [0.15, 0.2) is 11.8 Å². The number of likely N-dealkylation sites (N-methyl/N-ethyl adjacent to an activating group) is 1. The van der Waals surface area contributed by atoms with E-state index >= 15 is 0 Å². The van der Waals surface area contributed by atoms with Crippen molar-refractivity contribution in [2.24, 2.45) is 0 Å². The van der Waals surface area contributed by atoms with Crippen molar-refractivity contribution < 1.29 is 14.3 Å². The Labute approximate surface area is 134 Å². The quantitative estimate of drug-likeness (QED) is 0.789. The highest BCUT2D eigenvalue weighted by Gasteiger charge is 2.48. The third-order valence-electron chi connectivity index (χ3n) is 4.00. The highest BCUT2D eigenvalue weighted by molar-refractivity contribution is 6.31. The van der Waals surface area contributed by atoms with Crippen molar-refractivity contribution in [1.82, 2.24) is 4.90 Å². The summed E-state index contributed by atoms with van der Waals surface area (Å²) in [5.41, 5.74) is -0.426. The van der Waals surface area contributed by atoms with Crippen molar-refractivity contribution in [3.63, 3.8) is 0 Å². The molecule has 21 heavy (non-hydrogen) atoms. The van der Waals surface area contributed by atoms with Gasteiger partial charge in [-0.1, -0.05) is 41.4 Å². The molecule has 1 aromatic rings. The van der Waals surface area contributed by atoms with Gasteiger partial charge in [0.05, 0.1) is 0 Å². The van der Waals surface area contributed by atoms with E-state index in [0.29, 0.717) is 23.4 Å². The molecule has 0 spiro atoms. The summed E-state index contributed by atoms with van der Waals surface area (Å²) in [6.07, 6.45) is 1.99. The average molecular weight is 330 g/mol. The van der Waals surface area contributed by atoms with Crippen LogP contribution in [-0.2, 0) is 15.1 Å². The van der Waals surface area contributed by atoms with E-state index in [1.54, 1.807) is 25.2 Å². The topological polar surface area (TPSA) is 46.6 Å². The smallest absolute Gasteiger partial charge is 0.411 e. The van der Waals surface area contributed by atoms with E-state index in [0.717, 1.165) is 12.8 Å². The van der Waals surface area contributed by atoms with Gasteiger partial charge in [0.1, 0.15) is 5.54 Å². The number of benzene rings is 1. The molecule has 4 nitrogen and oxygen atoms in total. The fourth-order valence-electron chi connectivity index (χ4n) is 2.93. The fourth-order valence-corrected chi connectivity index (χ4v) is 3.31. The largest absolute Gasteiger partial charge is 0.433 e. The van der Waals surface area contributed by atoms with Gasteiger partial charge >= 0.3 is 6.09 Å². The summed E-state index contributed by atoms with van der Waals surface area (Å²) in [4.78, 5) is 26.1. The van der Waals surface area contributed by atoms with Crippen molar-refractivity contribution in [3.05, 3.63) is 34.9 Å². The van der Waals surface area contributed by atoms with Crippen molar-refractivity contribution in [2.75, 3.05) is 13.1 Å². The van der Waals surface area contributed by atoms with E-state index in [-0.39, 0.29) is 11.8 Å². The third kappa shape index (κ3) is 2.87. The summed E-state index contributed by atoms with van der Waals surface area (Å²) >= 11 is 11.7. The Morgan fingerprint density at radius 2 is 2.10 bits per heavy atom. The minimum absolute atomic E-state index is 0.0177. The van der Waals surface area contributed by atoms with Gasteiger partial charge in [-0.15, -0.1) is 0 Å². The summed E-state index contributed by atoms with van der Waals surface area (Å²) in [5.74, 6) is -0.0177. The number of hydrogen-bond donors (Lipinski definition) is 0. The van der Waals surface area contributed by atoms with E-state index in [4.69, 9.17) is 27.9 Å². The molecular formula is C15H17Cl2NO3. The van der Waals surface area contributed by atoms with Crippen LogP contribution in [0.15, 0.2) is 24.3 Å². The van der Waals surface area contributed by atoms with Gasteiger partial charge in [0.25, 0.3) is 0 Å². The van der Waals surface area contributed by atoms with E-state index in [1.807, 2.05) is 6.07 Å². The highest BCUT2D eigenvalue weighted by atomic mass is 35.5. The molecule has 0 radical (unpaired) electrons. The second-order valence-electron chi connectivity index (χ2n) is 5.05. The summed E-state index contributed by atoms with van der Waals surface area (Å²) < 4.78 is 4.85. The van der Waals surface area contributed by atoms with Crippen molar-refractivity contribution in [1.29, 1.82) is 0 Å². The number of rotatable bonds is 3. The van der Waals surface area contributed by atoms with Crippen LogP contribution in [0.25, 0.3) is 0 Å². The zero-order valence-corrected chi connectivity index (χ0v) is 13.3. The van der Waals surface area contributed by atoms with Crippen molar-refractivity contribution in [3.8, 4) is 0 Å². The second-order valence-corrected chi connectivity index (χ2v) is 5.67. The van der Waals surface area contributed by atoms with Gasteiger partial charge < -0.3 is 4.74 Å². The molecule has 6 heteroatoms. The number of amides is 1. The molecular weight excluding hydrogens is 313 g/mol. The monoisotopic (exact) mass is 329 g/mol. The standard InChI is InChI=1S/C15H17Cl2NO3/c1-18(14(20)21-10-16)15(9-5-4-8-13(15)19)11-6-2-3-7-12(11)17/h2-3,6-7H,4-5,8-10H2,1H3/t15-/m1/s1. The van der Waals surface area contributed by atoms with E-state index in [9.17, 15) is 9.59 Å². The Hall–Kier alpha value is -1.26. The Kier molecular flexibility index (Phi) is 5.12. The number of ketones is 1. The average Bonchev–Trinajstić information content (AvgIpc) is 2.48. The molecule has 1 fully saturated rings. The normalized spacial score (nSPS) is 22.0. The van der Waals surface area contributed by atoms with Crippen LogP contribution < -0.4 is 0 Å². The number of Topliss-reactive ketones (excluding diaryl/α,β-unsaturated/α-hetero) is 1. The summed E-state index contributed by atoms with van der Waals surface area (Å²) in [5, 5.41) is 0.471. The summed E-state index contributed by atoms with van der Waals surface area (Å²) in [6, 6.07) is 6.86. The Morgan fingerprint density at radius 1 is 1.38 bits per heavy atom. The van der Waals surface area contributed by atoms with Gasteiger partial charge in [-0.3, -0.25) is 9.69 Å². The molecule has 1 aliphatic carbocycles. The molecule has 0 N–H and O–H groups in total. The molecule has 0 bridgehead atoms. The van der Waals surface area contributed by atoms with Gasteiger partial charge in [-0.2, -0.15) is 0 Å². The lowest BCUT2D eigenvalue weighted by Gasteiger charge is -2.43. The van der Waals surface area contributed by atoms with Crippen LogP contribution in [0.2, 0.25) is 5.02 Å². The summed E-state index contributed by atoms with van der Waals surface area (Å²) in [6.45, 7) is 0. The molecule has 0 unspecified atom stereocenters. The zero-order chi connectivity index (χ0) is 15.5. The molecule has 1 saturated carbocycles. The minimum atomic E-state index is -1.07. The van der Waals surface area contributed by atoms with E-state index < -0.39 is 11.6 Å². The Bertz CT molecular complexity index is 549. The minimum Gasteiger partial charge on any atom is -0.433 e. The van der Waals surface area contributed by atoms with Crippen LogP contribution in [0.3, 0.4) is 0 Å². The SMILES string of the molecule is CN(C(=O)OCCl)[C@@]1(c2ccccc2Cl)CCCCC1=O. The number of carbonyl (C=O) groups is 2. The van der Waals surface area contributed by atoms with Crippen LogP contribution in [-0.4, -0.2) is 29.9 Å². The molecule has 1 aliphatic rings. The zero-order valence-electron chi connectivity index (χ0n) is 11.8. The first kappa shape index (κ1) is 16.1. The van der Waals surface area contributed by atoms with Gasteiger partial charge in [-0.05, 0) is 25.3 Å². The first-order chi connectivity index (χ1) is 10.0. The van der Waals surface area contributed by atoms with Crippen molar-refractivity contribution >= 4 is 35.1 Å². The van der Waals surface area contributed by atoms with Crippen LogP contribution in [0.4, 0.5) is 4.79 Å². The van der Waals surface area contributed by atoms with Crippen LogP contribution in [0.5, 0.6) is 0 Å². The predicted octanol–water partition coefficient (Wildman–Crippen LogP) is 3.94. The molecule has 1 atom stereocenters. The number of halogens is 2. The molecule has 0 aromatic heterocycles. The number of nitrogens with zero attached hydrogens (tertiary/aromatic N) is 1. The Balaban J connectivity index is 2.52. The van der Waals surface area contributed by atoms with E-state index in [2.05, 4.69) is 0 Å². The number of hydrogen-bond acceptors (Lipinski definition) is 3. The first-order valence-corrected chi connectivity index (χ1v) is 7.70. The molecule has 2 rings (SSSR count). The Morgan fingerprint density at radius 3 is 2.71 bits per heavy atom. The van der Waals surface area contributed by atoms with Crippen molar-refractivity contribution in [2.45, 2.75) is 31.2 Å². The number of ether oxygens (including phenoxy) is 1. The predicted molar refractivity (Wildman–Crippen MR) is 81.6 cm³/mol. The lowest BCUT2D eigenvalue weighted by molar-refractivity contribution is -0.133. The van der Waals surface area contributed by atoms with Crippen LogP contribution >= 0.6 is 23.2 Å². The maximum atomic E-state index is 12.7. The molecule has 1 aromatic carbocycles. The first-order valence-electron chi connectivity index (χ1n) is 6.79. The second kappa shape index (κ2) is 6.67. The lowest BCUT2D eigenvalue weighted by Crippen LogP contribution is -2.54. The summed E-state index contributed by atoms with van der Waals surface area (Å²) in [7, 11) is 1.56. The molecule has 114 valence electrons. The van der Waals surface area contributed by atoms with Gasteiger partial charge in [-0.25, -0.2) is 4.79 Å².